The first-order valence-electron chi connectivity index (χ1n) is 9.57. The maximum atomic E-state index is 13.8. The monoisotopic (exact) mass is 452 g/mol. The van der Waals surface area contributed by atoms with Gasteiger partial charge in [-0.3, -0.25) is 9.36 Å². The molecule has 0 saturated carbocycles. The number of pyridine rings is 1. The normalized spacial score (nSPS) is 10.8. The average molecular weight is 453 g/mol. The van der Waals surface area contributed by atoms with Crippen molar-refractivity contribution in [1.82, 2.24) is 24.3 Å². The van der Waals surface area contributed by atoms with Crippen molar-refractivity contribution in [2.24, 2.45) is 0 Å². The number of aliphatic hydroxyl groups excluding tert-OH is 1. The van der Waals surface area contributed by atoms with Crippen LogP contribution >= 0.6 is 11.6 Å². The molecule has 0 aliphatic rings. The predicted molar refractivity (Wildman–Crippen MR) is 120 cm³/mol. The van der Waals surface area contributed by atoms with E-state index in [1.165, 1.54) is 22.8 Å². The van der Waals surface area contributed by atoms with E-state index >= 15 is 0 Å². The van der Waals surface area contributed by atoms with Gasteiger partial charge in [0.05, 0.1) is 30.1 Å². The van der Waals surface area contributed by atoms with Gasteiger partial charge in [0, 0.05) is 41.4 Å². The number of hydrogen-bond donors (Lipinski definition) is 2. The molecule has 3 aromatic heterocycles. The van der Waals surface area contributed by atoms with Gasteiger partial charge in [-0.2, -0.15) is 5.10 Å². The topological polar surface area (TPSA) is 97.9 Å². The lowest BCUT2D eigenvalue weighted by Gasteiger charge is -2.11. The largest absolute Gasteiger partial charge is 0.394 e. The zero-order valence-electron chi connectivity index (χ0n) is 16.7. The number of nitrogens with zero attached hydrogens (tertiary/aromatic N) is 5. The summed E-state index contributed by atoms with van der Waals surface area (Å²) in [5.41, 5.74) is 1.52. The highest BCUT2D eigenvalue weighted by Crippen LogP contribution is 2.22. The molecule has 0 spiro atoms. The van der Waals surface area contributed by atoms with Crippen molar-refractivity contribution in [3.05, 3.63) is 94.4 Å². The van der Waals surface area contributed by atoms with Gasteiger partial charge < -0.3 is 10.4 Å². The number of aliphatic hydroxyl groups is 1. The van der Waals surface area contributed by atoms with Crippen LogP contribution in [0.2, 0.25) is 5.02 Å². The lowest BCUT2D eigenvalue weighted by atomic mass is 10.1. The van der Waals surface area contributed by atoms with E-state index in [0.717, 1.165) is 0 Å². The lowest BCUT2D eigenvalue weighted by Crippen LogP contribution is -2.18. The molecular formula is C22H18ClFN6O2. The quantitative estimate of drug-likeness (QED) is 0.445. The summed E-state index contributed by atoms with van der Waals surface area (Å²) in [4.78, 5) is 21.4. The highest BCUT2D eigenvalue weighted by Gasteiger charge is 2.10. The Bertz CT molecular complexity index is 1350. The third-order valence-corrected chi connectivity index (χ3v) is 4.99. The van der Waals surface area contributed by atoms with E-state index in [-0.39, 0.29) is 17.2 Å². The lowest BCUT2D eigenvalue weighted by molar-refractivity contribution is 0.270. The van der Waals surface area contributed by atoms with Crippen molar-refractivity contribution < 1.29 is 9.50 Å². The van der Waals surface area contributed by atoms with Gasteiger partial charge in [0.1, 0.15) is 11.6 Å². The molecule has 0 bridgehead atoms. The van der Waals surface area contributed by atoms with Gasteiger partial charge in [-0.1, -0.05) is 24.2 Å². The third-order valence-electron chi connectivity index (χ3n) is 4.68. The number of hydrogen-bond acceptors (Lipinski definition) is 6. The number of aromatic nitrogens is 5. The van der Waals surface area contributed by atoms with Crippen LogP contribution in [-0.2, 0) is 6.54 Å². The van der Waals surface area contributed by atoms with Gasteiger partial charge >= 0.3 is 0 Å². The minimum Gasteiger partial charge on any atom is -0.394 e. The zero-order valence-corrected chi connectivity index (χ0v) is 17.5. The van der Waals surface area contributed by atoms with Crippen molar-refractivity contribution in [2.75, 3.05) is 11.9 Å². The zero-order chi connectivity index (χ0) is 22.7. The maximum absolute atomic E-state index is 13.8. The van der Waals surface area contributed by atoms with Gasteiger partial charge in [-0.25, -0.2) is 19.0 Å². The summed E-state index contributed by atoms with van der Waals surface area (Å²) in [7, 11) is 0. The number of anilines is 2. The molecule has 1 aromatic carbocycles. The fraction of sp³-hybridized carbons (Fsp3) is 0.0909. The first kappa shape index (κ1) is 21.4. The number of halogens is 2. The standard InChI is InChI=1S/C22H18ClFN6O2/c1-14(15-2-3-17(23)18(24)12-15)29-9-6-16(13-21(29)32)19-4-7-25-22(27-19)28-20-5-8-26-30(20)10-11-31/h2-9,12-13,31H,1,10-11H2,(H,25,27,28). The molecule has 0 radical (unpaired) electrons. The van der Waals surface area contributed by atoms with Crippen LogP contribution in [0.25, 0.3) is 17.0 Å². The molecule has 2 N–H and O–H groups in total. The Labute approximate surface area is 187 Å². The van der Waals surface area contributed by atoms with Crippen LogP contribution in [-0.4, -0.2) is 36.0 Å². The molecule has 0 atom stereocenters. The second-order valence-corrected chi connectivity index (χ2v) is 7.16. The van der Waals surface area contributed by atoms with Crippen LogP contribution in [0, 0.1) is 5.82 Å². The Balaban J connectivity index is 1.60. The van der Waals surface area contributed by atoms with Crippen molar-refractivity contribution >= 4 is 29.1 Å². The van der Waals surface area contributed by atoms with Crippen LogP contribution in [0.4, 0.5) is 16.2 Å². The van der Waals surface area contributed by atoms with Gasteiger partial charge in [0.25, 0.3) is 5.56 Å². The van der Waals surface area contributed by atoms with E-state index in [0.29, 0.717) is 40.8 Å². The van der Waals surface area contributed by atoms with Crippen LogP contribution in [0.1, 0.15) is 5.56 Å². The molecule has 0 unspecified atom stereocenters. The molecule has 4 rings (SSSR count). The summed E-state index contributed by atoms with van der Waals surface area (Å²) in [6.07, 6.45) is 4.72. The van der Waals surface area contributed by atoms with Gasteiger partial charge in [-0.15, -0.1) is 0 Å². The van der Waals surface area contributed by atoms with Crippen LogP contribution < -0.4 is 10.9 Å². The molecule has 4 aromatic rings. The minimum atomic E-state index is -0.587. The van der Waals surface area contributed by atoms with E-state index < -0.39 is 5.82 Å². The first-order chi connectivity index (χ1) is 15.5. The Morgan fingerprint density at radius 2 is 2.03 bits per heavy atom. The summed E-state index contributed by atoms with van der Waals surface area (Å²) in [5, 5.41) is 16.3. The van der Waals surface area contributed by atoms with Crippen molar-refractivity contribution in [1.29, 1.82) is 0 Å². The average Bonchev–Trinajstić information content (AvgIpc) is 3.22. The summed E-state index contributed by atoms with van der Waals surface area (Å²) in [5.74, 6) is 0.349. The summed E-state index contributed by atoms with van der Waals surface area (Å²) in [6.45, 7) is 4.17. The first-order valence-corrected chi connectivity index (χ1v) is 9.94. The third kappa shape index (κ3) is 4.43. The van der Waals surface area contributed by atoms with E-state index in [4.69, 9.17) is 16.7 Å². The molecule has 32 heavy (non-hydrogen) atoms. The van der Waals surface area contributed by atoms with Crippen molar-refractivity contribution in [2.45, 2.75) is 6.54 Å². The molecule has 162 valence electrons. The Kier molecular flexibility index (Phi) is 6.11. The predicted octanol–water partition coefficient (Wildman–Crippen LogP) is 3.55. The molecule has 0 amide bonds. The van der Waals surface area contributed by atoms with E-state index in [2.05, 4.69) is 27.0 Å². The number of benzene rings is 1. The van der Waals surface area contributed by atoms with Gasteiger partial charge in [0.15, 0.2) is 0 Å². The van der Waals surface area contributed by atoms with E-state index in [1.807, 2.05) is 0 Å². The summed E-state index contributed by atoms with van der Waals surface area (Å²) >= 11 is 5.73. The highest BCUT2D eigenvalue weighted by atomic mass is 35.5. The molecule has 10 heteroatoms. The van der Waals surface area contributed by atoms with Gasteiger partial charge in [-0.05, 0) is 24.3 Å². The molecule has 0 aliphatic heterocycles. The van der Waals surface area contributed by atoms with Crippen LogP contribution in [0.5, 0.6) is 0 Å². The molecule has 0 fully saturated rings. The fourth-order valence-electron chi connectivity index (χ4n) is 3.08. The highest BCUT2D eigenvalue weighted by molar-refractivity contribution is 6.30. The second-order valence-electron chi connectivity index (χ2n) is 6.75. The Morgan fingerprint density at radius 1 is 1.19 bits per heavy atom. The SMILES string of the molecule is C=C(c1ccc(Cl)c(F)c1)n1ccc(-c2ccnc(Nc3ccnn3CCO)n2)cc1=O. The summed E-state index contributed by atoms with van der Waals surface area (Å²) < 4.78 is 16.7. The fourth-order valence-corrected chi connectivity index (χ4v) is 3.20. The number of rotatable bonds is 7. The molecular weight excluding hydrogens is 435 g/mol. The van der Waals surface area contributed by atoms with Crippen LogP contribution in [0.15, 0.2) is 72.4 Å². The van der Waals surface area contributed by atoms with E-state index in [1.54, 1.807) is 47.5 Å². The smallest absolute Gasteiger partial charge is 0.255 e. The van der Waals surface area contributed by atoms with E-state index in [9.17, 15) is 9.18 Å². The molecule has 3 heterocycles. The Morgan fingerprint density at radius 3 is 2.78 bits per heavy atom. The Hall–Kier alpha value is -3.82. The molecule has 0 saturated heterocycles. The van der Waals surface area contributed by atoms with Crippen molar-refractivity contribution in [3.8, 4) is 11.3 Å². The molecule has 0 aliphatic carbocycles. The molecule has 8 nitrogen and oxygen atoms in total. The maximum Gasteiger partial charge on any atom is 0.255 e. The number of nitrogens with one attached hydrogen (secondary N) is 1. The van der Waals surface area contributed by atoms with Crippen LogP contribution in [0.3, 0.4) is 0 Å². The van der Waals surface area contributed by atoms with Crippen molar-refractivity contribution in [3.63, 3.8) is 0 Å². The minimum absolute atomic E-state index is 0.00293. The second kappa shape index (κ2) is 9.13. The summed E-state index contributed by atoms with van der Waals surface area (Å²) in [6, 6.07) is 10.8. The van der Waals surface area contributed by atoms with Gasteiger partial charge in [0.2, 0.25) is 5.95 Å².